The molecule has 0 aliphatic heterocycles. The van der Waals surface area contributed by atoms with Crippen molar-refractivity contribution < 1.29 is 14.0 Å². The van der Waals surface area contributed by atoms with Gasteiger partial charge in [-0.05, 0) is 36.5 Å². The Kier molecular flexibility index (Phi) is 7.98. The van der Waals surface area contributed by atoms with E-state index >= 15 is 0 Å². The van der Waals surface area contributed by atoms with E-state index in [1.807, 2.05) is 0 Å². The third-order valence-electron chi connectivity index (χ3n) is 3.93. The van der Waals surface area contributed by atoms with Crippen molar-refractivity contribution >= 4 is 14.3 Å². The summed E-state index contributed by atoms with van der Waals surface area (Å²) in [6, 6.07) is 0. The smallest absolute Gasteiger partial charge is 0.384 e. The van der Waals surface area contributed by atoms with Crippen molar-refractivity contribution in [2.45, 2.75) is 71.2 Å². The van der Waals surface area contributed by atoms with Crippen LogP contribution in [0.4, 0.5) is 0 Å². The van der Waals surface area contributed by atoms with Crippen LogP contribution in [0.3, 0.4) is 0 Å². The molecule has 21 heavy (non-hydrogen) atoms. The van der Waals surface area contributed by atoms with E-state index in [0.29, 0.717) is 0 Å². The fourth-order valence-corrected chi connectivity index (χ4v) is 2.57. The summed E-state index contributed by atoms with van der Waals surface area (Å²) in [4.78, 5) is 11.2. The Balaban J connectivity index is 5.17. The first-order valence-electron chi connectivity index (χ1n) is 7.50. The van der Waals surface area contributed by atoms with E-state index in [4.69, 9.17) is 4.43 Å². The Morgan fingerprint density at radius 1 is 1.33 bits per heavy atom. The van der Waals surface area contributed by atoms with Crippen LogP contribution < -0.4 is 0 Å². The average Bonchev–Trinajstić information content (AvgIpc) is 2.38. The highest BCUT2D eigenvalue weighted by molar-refractivity contribution is 6.74. The van der Waals surface area contributed by atoms with E-state index in [-0.39, 0.29) is 5.04 Å². The zero-order chi connectivity index (χ0) is 16.7. The highest BCUT2D eigenvalue weighted by atomic mass is 28.4. The summed E-state index contributed by atoms with van der Waals surface area (Å²) in [7, 11) is -0.642. The van der Waals surface area contributed by atoms with Crippen LogP contribution in [0, 0.1) is 11.8 Å². The van der Waals surface area contributed by atoms with E-state index in [1.165, 1.54) is 7.11 Å². The van der Waals surface area contributed by atoms with E-state index < -0.39 is 20.4 Å². The Morgan fingerprint density at radius 3 is 2.33 bits per heavy atom. The van der Waals surface area contributed by atoms with Gasteiger partial charge in [0.05, 0.1) is 7.11 Å². The SMILES string of the molecule is C=C(CCCC)[C@@H](C#CC(=O)OC)O[Si](C)(C)C(C)(C)C. The van der Waals surface area contributed by atoms with E-state index in [2.05, 4.69) is 63.9 Å². The van der Waals surface area contributed by atoms with Crippen molar-refractivity contribution in [1.29, 1.82) is 0 Å². The maximum absolute atomic E-state index is 11.2. The molecule has 0 unspecified atom stereocenters. The summed E-state index contributed by atoms with van der Waals surface area (Å²) < 4.78 is 10.9. The third-order valence-corrected chi connectivity index (χ3v) is 8.37. The Hall–Kier alpha value is -1.05. The van der Waals surface area contributed by atoms with Gasteiger partial charge in [0.25, 0.3) is 0 Å². The van der Waals surface area contributed by atoms with E-state index in [1.54, 1.807) is 0 Å². The second-order valence-electron chi connectivity index (χ2n) is 6.78. The lowest BCUT2D eigenvalue weighted by atomic mass is 10.1. The quantitative estimate of drug-likeness (QED) is 0.241. The highest BCUT2D eigenvalue weighted by Gasteiger charge is 2.39. The van der Waals surface area contributed by atoms with Crippen molar-refractivity contribution in [2.24, 2.45) is 0 Å². The third kappa shape index (κ3) is 6.97. The molecule has 0 aromatic carbocycles. The van der Waals surface area contributed by atoms with Gasteiger partial charge in [-0.25, -0.2) is 4.79 Å². The Morgan fingerprint density at radius 2 is 1.90 bits per heavy atom. The molecular formula is C17H30O3Si. The van der Waals surface area contributed by atoms with Gasteiger partial charge in [0.1, 0.15) is 6.10 Å². The molecule has 0 aromatic rings. The molecule has 3 nitrogen and oxygen atoms in total. The standard InChI is InChI=1S/C17H30O3Si/c1-9-10-11-14(2)15(12-13-16(18)19-6)20-21(7,8)17(3,4)5/h15H,2,9-11H2,1,3-8H3/t15-/m1/s1. The van der Waals surface area contributed by atoms with Crippen LogP contribution in [-0.2, 0) is 14.0 Å². The predicted octanol–water partition coefficient (Wildman–Crippen LogP) is 4.30. The summed E-state index contributed by atoms with van der Waals surface area (Å²) in [5.41, 5.74) is 0.943. The number of esters is 1. The van der Waals surface area contributed by atoms with E-state index in [9.17, 15) is 4.79 Å². The molecule has 0 spiro atoms. The fraction of sp³-hybridized carbons (Fsp3) is 0.706. The molecule has 0 heterocycles. The van der Waals surface area contributed by atoms with Gasteiger partial charge in [-0.3, -0.25) is 0 Å². The largest absolute Gasteiger partial charge is 0.459 e. The Labute approximate surface area is 131 Å². The molecule has 0 amide bonds. The second kappa shape index (κ2) is 8.40. The van der Waals surface area contributed by atoms with Crippen molar-refractivity contribution in [1.82, 2.24) is 0 Å². The maximum Gasteiger partial charge on any atom is 0.384 e. The lowest BCUT2D eigenvalue weighted by Crippen LogP contribution is -2.44. The van der Waals surface area contributed by atoms with Crippen LogP contribution in [0.15, 0.2) is 12.2 Å². The fourth-order valence-electron chi connectivity index (χ4n) is 1.40. The number of ether oxygens (including phenoxy) is 1. The number of methoxy groups -OCH3 is 1. The summed E-state index contributed by atoms with van der Waals surface area (Å²) in [6.45, 7) is 17.1. The lowest BCUT2D eigenvalue weighted by Gasteiger charge is -2.38. The molecule has 4 heteroatoms. The minimum atomic E-state index is -1.97. The molecule has 0 saturated heterocycles. The molecule has 1 atom stereocenters. The monoisotopic (exact) mass is 310 g/mol. The summed E-state index contributed by atoms with van der Waals surface area (Å²) >= 11 is 0. The van der Waals surface area contributed by atoms with Gasteiger partial charge < -0.3 is 9.16 Å². The molecule has 0 aliphatic rings. The van der Waals surface area contributed by atoms with Crippen LogP contribution in [0.25, 0.3) is 0 Å². The molecule has 120 valence electrons. The first-order valence-corrected chi connectivity index (χ1v) is 10.4. The molecule has 0 saturated carbocycles. The predicted molar refractivity (Wildman–Crippen MR) is 90.5 cm³/mol. The van der Waals surface area contributed by atoms with Gasteiger partial charge in [-0.1, -0.05) is 46.6 Å². The zero-order valence-electron chi connectivity index (χ0n) is 14.6. The van der Waals surface area contributed by atoms with Gasteiger partial charge in [0.2, 0.25) is 0 Å². The van der Waals surface area contributed by atoms with Crippen LogP contribution in [0.1, 0.15) is 47.0 Å². The number of carbonyl (C=O) groups is 1. The van der Waals surface area contributed by atoms with Crippen molar-refractivity contribution in [3.05, 3.63) is 12.2 Å². The van der Waals surface area contributed by atoms with Gasteiger partial charge >= 0.3 is 5.97 Å². The number of carbonyl (C=O) groups excluding carboxylic acids is 1. The second-order valence-corrected chi connectivity index (χ2v) is 11.5. The molecule has 0 aliphatic carbocycles. The van der Waals surface area contributed by atoms with Gasteiger partial charge in [-0.15, -0.1) is 0 Å². The summed E-state index contributed by atoms with van der Waals surface area (Å²) in [5, 5.41) is 0.0865. The van der Waals surface area contributed by atoms with Crippen LogP contribution in [0.2, 0.25) is 18.1 Å². The van der Waals surface area contributed by atoms with Gasteiger partial charge in [-0.2, -0.15) is 0 Å². The topological polar surface area (TPSA) is 35.5 Å². The molecule has 0 rings (SSSR count). The summed E-state index contributed by atoms with van der Waals surface area (Å²) in [6.07, 6.45) is 2.62. The van der Waals surface area contributed by atoms with Crippen molar-refractivity contribution in [3.8, 4) is 11.8 Å². The van der Waals surface area contributed by atoms with Crippen molar-refractivity contribution in [3.63, 3.8) is 0 Å². The zero-order valence-corrected chi connectivity index (χ0v) is 15.6. The molecule has 0 fully saturated rings. The van der Waals surface area contributed by atoms with Gasteiger partial charge in [0, 0.05) is 5.92 Å². The van der Waals surface area contributed by atoms with Gasteiger partial charge in [0.15, 0.2) is 8.32 Å². The van der Waals surface area contributed by atoms with Crippen LogP contribution in [-0.4, -0.2) is 27.5 Å². The molecule has 0 radical (unpaired) electrons. The highest BCUT2D eigenvalue weighted by Crippen LogP contribution is 2.38. The molecular weight excluding hydrogens is 280 g/mol. The lowest BCUT2D eigenvalue weighted by molar-refractivity contribution is -0.133. The normalized spacial score (nSPS) is 13.1. The van der Waals surface area contributed by atoms with Crippen LogP contribution in [0.5, 0.6) is 0 Å². The maximum atomic E-state index is 11.2. The van der Waals surface area contributed by atoms with Crippen LogP contribution >= 0.6 is 0 Å². The Bertz CT molecular complexity index is 422. The number of unbranched alkanes of at least 4 members (excludes halogenated alkanes) is 1. The molecule has 0 N–H and O–H groups in total. The molecule has 0 bridgehead atoms. The minimum absolute atomic E-state index is 0.0865. The van der Waals surface area contributed by atoms with E-state index in [0.717, 1.165) is 24.8 Å². The first kappa shape index (κ1) is 19.9. The summed E-state index contributed by atoms with van der Waals surface area (Å²) in [5.74, 6) is 4.85. The number of hydrogen-bond acceptors (Lipinski definition) is 3. The number of rotatable bonds is 6. The number of hydrogen-bond donors (Lipinski definition) is 0. The van der Waals surface area contributed by atoms with Crippen molar-refractivity contribution in [2.75, 3.05) is 7.11 Å². The average molecular weight is 311 g/mol. The molecule has 0 aromatic heterocycles. The minimum Gasteiger partial charge on any atom is -0.459 e. The first-order chi connectivity index (χ1) is 9.55.